The highest BCUT2D eigenvalue weighted by Gasteiger charge is 2.23. The van der Waals surface area contributed by atoms with E-state index < -0.39 is 28.6 Å². The number of rotatable bonds is 6. The maximum atomic E-state index is 11.2. The fraction of sp³-hybridized carbons (Fsp3) is 0.857. The first-order valence-electron chi connectivity index (χ1n) is 4.12. The highest BCUT2D eigenvalue weighted by Crippen LogP contribution is 1.99. The molecule has 0 aromatic rings. The molecule has 0 saturated heterocycles. The lowest BCUT2D eigenvalue weighted by molar-refractivity contribution is -0.139. The van der Waals surface area contributed by atoms with Gasteiger partial charge in [-0.05, 0) is 5.92 Å². The molecular weight excluding hydrogens is 210 g/mol. The molecule has 0 fully saturated rings. The molecule has 84 valence electrons. The quantitative estimate of drug-likeness (QED) is 0.538. The Labute approximate surface area is 83.0 Å². The number of sulfonamides is 1. The van der Waals surface area contributed by atoms with E-state index in [0.29, 0.717) is 0 Å². The monoisotopic (exact) mass is 225 g/mol. The second kappa shape index (κ2) is 5.28. The summed E-state index contributed by atoms with van der Waals surface area (Å²) in [6, 6.07) is -1.46. The van der Waals surface area contributed by atoms with E-state index in [4.69, 9.17) is 10.2 Å². The number of carbonyl (C=O) groups is 1. The minimum absolute atomic E-state index is 0.0966. The van der Waals surface area contributed by atoms with Gasteiger partial charge in [-0.3, -0.25) is 4.79 Å². The van der Waals surface area contributed by atoms with Crippen LogP contribution >= 0.6 is 0 Å². The van der Waals surface area contributed by atoms with Crippen molar-refractivity contribution in [2.45, 2.75) is 19.9 Å². The van der Waals surface area contributed by atoms with E-state index in [1.807, 2.05) is 4.72 Å². The minimum atomic E-state index is -3.63. The Bertz CT molecular complexity index is 284. The third kappa shape index (κ3) is 5.15. The summed E-state index contributed by atoms with van der Waals surface area (Å²) in [5.41, 5.74) is 0. The van der Waals surface area contributed by atoms with Crippen molar-refractivity contribution in [1.82, 2.24) is 4.72 Å². The lowest BCUT2D eigenvalue weighted by Crippen LogP contribution is -2.44. The predicted octanol–water partition coefficient (Wildman–Crippen LogP) is -0.993. The molecule has 14 heavy (non-hydrogen) atoms. The number of nitrogens with one attached hydrogen (secondary N) is 1. The fourth-order valence-electron chi connectivity index (χ4n) is 0.869. The molecule has 0 spiro atoms. The molecule has 0 rings (SSSR count). The van der Waals surface area contributed by atoms with Crippen molar-refractivity contribution in [2.75, 3.05) is 12.4 Å². The second-order valence-corrected chi connectivity index (χ2v) is 5.17. The van der Waals surface area contributed by atoms with Gasteiger partial charge in [0, 0.05) is 0 Å². The van der Waals surface area contributed by atoms with E-state index in [0.717, 1.165) is 0 Å². The molecule has 0 aromatic carbocycles. The molecule has 0 bridgehead atoms. The Morgan fingerprint density at radius 2 is 1.93 bits per heavy atom. The molecule has 0 aliphatic carbocycles. The van der Waals surface area contributed by atoms with Crippen molar-refractivity contribution < 1.29 is 23.4 Å². The van der Waals surface area contributed by atoms with Crippen LogP contribution in [0, 0.1) is 5.92 Å². The van der Waals surface area contributed by atoms with Gasteiger partial charge in [-0.1, -0.05) is 13.8 Å². The SMILES string of the molecule is CC(C)CS(=O)(=O)N[C@H](CO)C(=O)O. The van der Waals surface area contributed by atoms with Crippen LogP contribution in [0.2, 0.25) is 0 Å². The number of carboxylic acid groups (broad SMARTS) is 1. The van der Waals surface area contributed by atoms with Crippen molar-refractivity contribution >= 4 is 16.0 Å². The molecule has 6 nitrogen and oxygen atoms in total. The molecule has 7 heteroatoms. The summed E-state index contributed by atoms with van der Waals surface area (Å²) in [6.45, 7) is 2.65. The molecule has 3 N–H and O–H groups in total. The molecule has 0 heterocycles. The average molecular weight is 225 g/mol. The zero-order chi connectivity index (χ0) is 11.4. The maximum Gasteiger partial charge on any atom is 0.324 e. The van der Waals surface area contributed by atoms with Gasteiger partial charge in [0.15, 0.2) is 0 Å². The molecule has 1 atom stereocenters. The van der Waals surface area contributed by atoms with Crippen molar-refractivity contribution in [3.8, 4) is 0 Å². The van der Waals surface area contributed by atoms with Gasteiger partial charge >= 0.3 is 5.97 Å². The van der Waals surface area contributed by atoms with Crippen LogP contribution in [0.4, 0.5) is 0 Å². The summed E-state index contributed by atoms with van der Waals surface area (Å²) in [4.78, 5) is 10.4. The Morgan fingerprint density at radius 1 is 1.43 bits per heavy atom. The van der Waals surface area contributed by atoms with Gasteiger partial charge in [0.1, 0.15) is 6.04 Å². The number of aliphatic hydroxyl groups excluding tert-OH is 1. The van der Waals surface area contributed by atoms with Gasteiger partial charge in [-0.25, -0.2) is 8.42 Å². The van der Waals surface area contributed by atoms with Crippen molar-refractivity contribution in [1.29, 1.82) is 0 Å². The molecule has 0 aliphatic rings. The first-order chi connectivity index (χ1) is 6.28. The van der Waals surface area contributed by atoms with Gasteiger partial charge in [0.05, 0.1) is 12.4 Å². The van der Waals surface area contributed by atoms with Crippen LogP contribution in [0.3, 0.4) is 0 Å². The number of aliphatic carboxylic acids is 1. The lowest BCUT2D eigenvalue weighted by Gasteiger charge is -2.13. The topological polar surface area (TPSA) is 104 Å². The summed E-state index contributed by atoms with van der Waals surface area (Å²) in [6.07, 6.45) is 0. The maximum absolute atomic E-state index is 11.2. The zero-order valence-corrected chi connectivity index (χ0v) is 8.91. The standard InChI is InChI=1S/C7H15NO5S/c1-5(2)4-14(12,13)8-6(3-9)7(10)11/h5-6,8-9H,3-4H2,1-2H3,(H,10,11)/t6-/m1/s1. The molecule has 0 radical (unpaired) electrons. The average Bonchev–Trinajstić information content (AvgIpc) is 1.97. The molecule has 0 saturated carbocycles. The Kier molecular flexibility index (Phi) is 5.03. The van der Waals surface area contributed by atoms with Crippen molar-refractivity contribution in [2.24, 2.45) is 5.92 Å². The van der Waals surface area contributed by atoms with E-state index in [1.165, 1.54) is 0 Å². The second-order valence-electron chi connectivity index (χ2n) is 3.37. The third-order valence-electron chi connectivity index (χ3n) is 1.36. The van der Waals surface area contributed by atoms with Gasteiger partial charge < -0.3 is 10.2 Å². The van der Waals surface area contributed by atoms with Gasteiger partial charge in [0.25, 0.3) is 0 Å². The molecule has 0 aromatic heterocycles. The number of hydrogen-bond acceptors (Lipinski definition) is 4. The van der Waals surface area contributed by atoms with Gasteiger partial charge in [-0.15, -0.1) is 0 Å². The fourth-order valence-corrected chi connectivity index (χ4v) is 2.45. The van der Waals surface area contributed by atoms with Crippen LogP contribution in [0.5, 0.6) is 0 Å². The minimum Gasteiger partial charge on any atom is -0.480 e. The smallest absolute Gasteiger partial charge is 0.324 e. The highest BCUT2D eigenvalue weighted by atomic mass is 32.2. The number of aliphatic hydroxyl groups is 1. The summed E-state index contributed by atoms with van der Waals surface area (Å²) in [5, 5.41) is 17.1. The molecule has 0 amide bonds. The Hall–Kier alpha value is -0.660. The summed E-state index contributed by atoms with van der Waals surface area (Å²) < 4.78 is 24.4. The predicted molar refractivity (Wildman–Crippen MR) is 50.3 cm³/mol. The normalized spacial score (nSPS) is 14.3. The van der Waals surface area contributed by atoms with Crippen LogP contribution in [-0.2, 0) is 14.8 Å². The molecule has 0 unspecified atom stereocenters. The van der Waals surface area contributed by atoms with Crippen LogP contribution in [0.15, 0.2) is 0 Å². The van der Waals surface area contributed by atoms with Crippen LogP contribution < -0.4 is 4.72 Å². The van der Waals surface area contributed by atoms with Crippen molar-refractivity contribution in [3.05, 3.63) is 0 Å². The largest absolute Gasteiger partial charge is 0.480 e. The van der Waals surface area contributed by atoms with Crippen molar-refractivity contribution in [3.63, 3.8) is 0 Å². The third-order valence-corrected chi connectivity index (χ3v) is 3.10. The first kappa shape index (κ1) is 13.3. The summed E-state index contributed by atoms with van der Waals surface area (Å²) in [7, 11) is -3.63. The zero-order valence-electron chi connectivity index (χ0n) is 8.10. The van der Waals surface area contributed by atoms with Crippen LogP contribution in [0.1, 0.15) is 13.8 Å². The van der Waals surface area contributed by atoms with Gasteiger partial charge in [0.2, 0.25) is 10.0 Å². The molecular formula is C7H15NO5S. The van der Waals surface area contributed by atoms with Crippen LogP contribution in [-0.4, -0.2) is 43.0 Å². The molecule has 0 aliphatic heterocycles. The van der Waals surface area contributed by atoms with Gasteiger partial charge in [-0.2, -0.15) is 4.72 Å². The summed E-state index contributed by atoms with van der Waals surface area (Å²) >= 11 is 0. The Balaban J connectivity index is 4.41. The van der Waals surface area contributed by atoms with E-state index in [9.17, 15) is 13.2 Å². The van der Waals surface area contributed by atoms with E-state index in [2.05, 4.69) is 0 Å². The lowest BCUT2D eigenvalue weighted by atomic mass is 10.3. The van der Waals surface area contributed by atoms with E-state index >= 15 is 0 Å². The first-order valence-corrected chi connectivity index (χ1v) is 5.77. The summed E-state index contributed by atoms with van der Waals surface area (Å²) in [5.74, 6) is -1.64. The highest BCUT2D eigenvalue weighted by molar-refractivity contribution is 7.89. The van der Waals surface area contributed by atoms with E-state index in [1.54, 1.807) is 13.8 Å². The number of hydrogen-bond donors (Lipinski definition) is 3. The Morgan fingerprint density at radius 3 is 2.21 bits per heavy atom. The van der Waals surface area contributed by atoms with Crippen LogP contribution in [0.25, 0.3) is 0 Å². The van der Waals surface area contributed by atoms with E-state index in [-0.39, 0.29) is 11.7 Å². The number of carboxylic acids is 1.